The largest absolute Gasteiger partial charge is 0.378 e. The summed E-state index contributed by atoms with van der Waals surface area (Å²) in [7, 11) is 3.98. The van der Waals surface area contributed by atoms with Crippen molar-refractivity contribution in [1.82, 2.24) is 25.2 Å². The van der Waals surface area contributed by atoms with Gasteiger partial charge >= 0.3 is 0 Å². The standard InChI is InChI=1S/C24H31N7O/c1-16(11-18(3)27-19(4)15-30(5)6)20-12-21-22(26-14-20)24(31-7-9-32-10-8-31)29-23(28-21)17(2)13-25/h11-14,25,27H,2-4,7-10,15H2,1,5-6H3/b16-11+,25-13?. The molecule has 0 unspecified atom stereocenters. The molecular formula is C24H31N7O. The van der Waals surface area contributed by atoms with E-state index in [4.69, 9.17) is 15.1 Å². The zero-order valence-corrected chi connectivity index (χ0v) is 19.1. The molecule has 1 saturated heterocycles. The topological polar surface area (TPSA) is 90.3 Å². The van der Waals surface area contributed by atoms with E-state index in [9.17, 15) is 0 Å². The normalized spacial score (nSPS) is 14.5. The van der Waals surface area contributed by atoms with E-state index in [1.807, 2.05) is 44.3 Å². The van der Waals surface area contributed by atoms with Crippen molar-refractivity contribution in [3.63, 3.8) is 0 Å². The number of hydrogen-bond donors (Lipinski definition) is 2. The van der Waals surface area contributed by atoms with Gasteiger partial charge in [-0.25, -0.2) is 9.97 Å². The lowest BCUT2D eigenvalue weighted by atomic mass is 10.1. The van der Waals surface area contributed by atoms with Crippen molar-refractivity contribution < 1.29 is 4.74 Å². The van der Waals surface area contributed by atoms with Crippen molar-refractivity contribution in [2.75, 3.05) is 51.8 Å². The van der Waals surface area contributed by atoms with Crippen molar-refractivity contribution in [1.29, 1.82) is 5.41 Å². The second kappa shape index (κ2) is 10.3. The van der Waals surface area contributed by atoms with E-state index < -0.39 is 0 Å². The van der Waals surface area contributed by atoms with Gasteiger partial charge in [-0.3, -0.25) is 4.98 Å². The van der Waals surface area contributed by atoms with Crippen LogP contribution in [0.25, 0.3) is 22.2 Å². The molecule has 3 heterocycles. The van der Waals surface area contributed by atoms with Crippen LogP contribution in [0.5, 0.6) is 0 Å². The highest BCUT2D eigenvalue weighted by Crippen LogP contribution is 2.27. The lowest BCUT2D eigenvalue weighted by Gasteiger charge is -2.28. The number of anilines is 1. The van der Waals surface area contributed by atoms with Gasteiger partial charge in [0.15, 0.2) is 11.6 Å². The molecule has 2 N–H and O–H groups in total. The predicted octanol–water partition coefficient (Wildman–Crippen LogP) is 3.11. The number of rotatable bonds is 9. The van der Waals surface area contributed by atoms with E-state index in [-0.39, 0.29) is 0 Å². The Morgan fingerprint density at radius 3 is 2.62 bits per heavy atom. The van der Waals surface area contributed by atoms with E-state index in [1.165, 1.54) is 6.21 Å². The van der Waals surface area contributed by atoms with Crippen molar-refractivity contribution >= 4 is 34.2 Å². The third-order valence-electron chi connectivity index (χ3n) is 4.98. The highest BCUT2D eigenvalue weighted by atomic mass is 16.5. The smallest absolute Gasteiger partial charge is 0.163 e. The summed E-state index contributed by atoms with van der Waals surface area (Å²) in [5, 5.41) is 10.8. The molecule has 2 aromatic rings. The minimum Gasteiger partial charge on any atom is -0.378 e. The molecular weight excluding hydrogens is 402 g/mol. The van der Waals surface area contributed by atoms with Crippen molar-refractivity contribution in [2.45, 2.75) is 6.92 Å². The molecule has 0 aromatic carbocycles. The van der Waals surface area contributed by atoms with E-state index in [0.29, 0.717) is 30.1 Å². The molecule has 8 nitrogen and oxygen atoms in total. The Kier molecular flexibility index (Phi) is 7.50. The monoisotopic (exact) mass is 433 g/mol. The Hall–Kier alpha value is -3.36. The van der Waals surface area contributed by atoms with Gasteiger partial charge in [-0.1, -0.05) is 19.7 Å². The first-order chi connectivity index (χ1) is 15.3. The summed E-state index contributed by atoms with van der Waals surface area (Å²) < 4.78 is 5.48. The maximum absolute atomic E-state index is 7.57. The van der Waals surface area contributed by atoms with E-state index in [2.05, 4.69) is 39.9 Å². The first kappa shape index (κ1) is 23.3. The number of nitrogens with zero attached hydrogens (tertiary/aromatic N) is 5. The molecule has 0 atom stereocenters. The van der Waals surface area contributed by atoms with Gasteiger partial charge in [0.1, 0.15) is 5.52 Å². The molecule has 0 spiro atoms. The molecule has 1 aliphatic rings. The lowest BCUT2D eigenvalue weighted by molar-refractivity contribution is 0.122. The third-order valence-corrected chi connectivity index (χ3v) is 4.98. The highest BCUT2D eigenvalue weighted by Gasteiger charge is 2.19. The number of pyridine rings is 1. The van der Waals surface area contributed by atoms with Crippen LogP contribution in [0.2, 0.25) is 0 Å². The van der Waals surface area contributed by atoms with Gasteiger partial charge in [-0.2, -0.15) is 0 Å². The van der Waals surface area contributed by atoms with Gasteiger partial charge in [0, 0.05) is 49.0 Å². The summed E-state index contributed by atoms with van der Waals surface area (Å²) >= 11 is 0. The lowest BCUT2D eigenvalue weighted by Crippen LogP contribution is -2.37. The van der Waals surface area contributed by atoms with Crippen LogP contribution in [0.4, 0.5) is 5.82 Å². The highest BCUT2D eigenvalue weighted by molar-refractivity contribution is 6.06. The van der Waals surface area contributed by atoms with Gasteiger partial charge in [0.2, 0.25) is 0 Å². The van der Waals surface area contributed by atoms with Gasteiger partial charge < -0.3 is 25.3 Å². The van der Waals surface area contributed by atoms with Crippen LogP contribution in [0.3, 0.4) is 0 Å². The van der Waals surface area contributed by atoms with Crippen LogP contribution in [0.15, 0.2) is 49.5 Å². The van der Waals surface area contributed by atoms with Gasteiger partial charge in [-0.15, -0.1) is 0 Å². The van der Waals surface area contributed by atoms with E-state index >= 15 is 0 Å². The molecule has 2 aromatic heterocycles. The fraction of sp³-hybridized carbons (Fsp3) is 0.333. The van der Waals surface area contributed by atoms with Crippen molar-refractivity contribution in [3.8, 4) is 0 Å². The van der Waals surface area contributed by atoms with Crippen LogP contribution in [-0.4, -0.2) is 73.0 Å². The molecule has 0 radical (unpaired) electrons. The summed E-state index contributed by atoms with van der Waals surface area (Å²) in [5.74, 6) is 1.18. The Bertz CT molecular complexity index is 1080. The third kappa shape index (κ3) is 5.66. The van der Waals surface area contributed by atoms with Crippen LogP contribution in [-0.2, 0) is 4.74 Å². The van der Waals surface area contributed by atoms with Gasteiger partial charge in [0.25, 0.3) is 0 Å². The Morgan fingerprint density at radius 1 is 1.25 bits per heavy atom. The zero-order chi connectivity index (χ0) is 23.3. The number of aromatic nitrogens is 3. The number of ether oxygens (including phenoxy) is 1. The van der Waals surface area contributed by atoms with Crippen LogP contribution >= 0.6 is 0 Å². The summed E-state index contributed by atoms with van der Waals surface area (Å²) in [6.07, 6.45) is 4.96. The van der Waals surface area contributed by atoms with E-state index in [1.54, 1.807) is 0 Å². The van der Waals surface area contributed by atoms with Crippen molar-refractivity contribution in [2.24, 2.45) is 0 Å². The Labute approximate surface area is 189 Å². The second-order valence-electron chi connectivity index (χ2n) is 8.05. The maximum atomic E-state index is 7.57. The fourth-order valence-corrected chi connectivity index (χ4v) is 3.45. The molecule has 0 bridgehead atoms. The van der Waals surface area contributed by atoms with Crippen molar-refractivity contribution in [3.05, 3.63) is 60.9 Å². The second-order valence-corrected chi connectivity index (χ2v) is 8.05. The van der Waals surface area contributed by atoms with Crippen LogP contribution in [0, 0.1) is 5.41 Å². The summed E-state index contributed by atoms with van der Waals surface area (Å²) in [4.78, 5) is 18.2. The van der Waals surface area contributed by atoms with E-state index in [0.717, 1.165) is 53.5 Å². The molecule has 1 aliphatic heterocycles. The molecule has 0 saturated carbocycles. The van der Waals surface area contributed by atoms with Gasteiger partial charge in [0.05, 0.1) is 18.7 Å². The Morgan fingerprint density at radius 2 is 1.97 bits per heavy atom. The summed E-state index contributed by atoms with van der Waals surface area (Å²) in [6, 6.07) is 1.99. The number of allylic oxidation sites excluding steroid dienone is 3. The molecule has 0 aliphatic carbocycles. The number of nitrogens with one attached hydrogen (secondary N) is 2. The first-order valence-corrected chi connectivity index (χ1v) is 10.5. The quantitative estimate of drug-likeness (QED) is 0.464. The van der Waals surface area contributed by atoms with Crippen LogP contribution < -0.4 is 10.2 Å². The summed E-state index contributed by atoms with van der Waals surface area (Å²) in [6.45, 7) is 17.5. The Balaban J connectivity index is 1.95. The molecule has 8 heteroatoms. The molecule has 3 rings (SSSR count). The zero-order valence-electron chi connectivity index (χ0n) is 19.1. The average Bonchev–Trinajstić information content (AvgIpc) is 2.77. The van der Waals surface area contributed by atoms with Crippen LogP contribution in [0.1, 0.15) is 18.3 Å². The number of likely N-dealkylation sites (N-methyl/N-ethyl adjacent to an activating group) is 1. The number of fused-ring (bicyclic) bond motifs is 1. The molecule has 0 amide bonds. The number of morpholine rings is 1. The molecule has 32 heavy (non-hydrogen) atoms. The molecule has 168 valence electrons. The average molecular weight is 434 g/mol. The SMILES string of the molecule is C=C(/C=C(\C)c1cnc2c(N3CCOCC3)nc(C(=C)C=N)nc2c1)NC(=C)CN(C)C. The minimum atomic E-state index is 0.431. The maximum Gasteiger partial charge on any atom is 0.163 e. The number of hydrogen-bond acceptors (Lipinski definition) is 8. The fourth-order valence-electron chi connectivity index (χ4n) is 3.45. The summed E-state index contributed by atoms with van der Waals surface area (Å²) in [5.41, 5.74) is 5.44. The van der Waals surface area contributed by atoms with Gasteiger partial charge in [-0.05, 0) is 44.3 Å². The predicted molar refractivity (Wildman–Crippen MR) is 132 cm³/mol. The first-order valence-electron chi connectivity index (χ1n) is 10.5. The minimum absolute atomic E-state index is 0.431. The molecule has 1 fully saturated rings.